The standard InChI is InChI=1S/C12H24N2O2/c1-3-10(8-16-2)14-11(15)7-12(9-13)5-4-6-12/h10H,3-9,13H2,1-2H3,(H,14,15). The van der Waals surface area contributed by atoms with Gasteiger partial charge in [0.15, 0.2) is 0 Å². The lowest BCUT2D eigenvalue weighted by Crippen LogP contribution is -2.45. The second kappa shape index (κ2) is 6.21. The number of nitrogens with one attached hydrogen (secondary N) is 1. The van der Waals surface area contributed by atoms with Crippen LogP contribution in [0.2, 0.25) is 0 Å². The Morgan fingerprint density at radius 1 is 1.56 bits per heavy atom. The maximum absolute atomic E-state index is 11.8. The Morgan fingerprint density at radius 3 is 2.62 bits per heavy atom. The van der Waals surface area contributed by atoms with Crippen molar-refractivity contribution < 1.29 is 9.53 Å². The molecule has 0 radical (unpaired) electrons. The number of amides is 1. The van der Waals surface area contributed by atoms with Crippen molar-refractivity contribution in [1.29, 1.82) is 0 Å². The third-order valence-corrected chi connectivity index (χ3v) is 3.61. The Bertz CT molecular complexity index is 222. The van der Waals surface area contributed by atoms with E-state index in [2.05, 4.69) is 5.32 Å². The minimum absolute atomic E-state index is 0.0927. The van der Waals surface area contributed by atoms with E-state index in [0.717, 1.165) is 19.3 Å². The van der Waals surface area contributed by atoms with Crippen LogP contribution in [0, 0.1) is 5.41 Å². The van der Waals surface area contributed by atoms with Gasteiger partial charge in [-0.2, -0.15) is 0 Å². The molecular weight excluding hydrogens is 204 g/mol. The molecule has 1 aliphatic rings. The molecule has 1 unspecified atom stereocenters. The van der Waals surface area contributed by atoms with Crippen LogP contribution < -0.4 is 11.1 Å². The van der Waals surface area contributed by atoms with E-state index in [1.165, 1.54) is 6.42 Å². The summed E-state index contributed by atoms with van der Waals surface area (Å²) in [6.07, 6.45) is 4.87. The smallest absolute Gasteiger partial charge is 0.220 e. The quantitative estimate of drug-likeness (QED) is 0.684. The lowest BCUT2D eigenvalue weighted by molar-refractivity contribution is -0.125. The van der Waals surface area contributed by atoms with Gasteiger partial charge in [-0.15, -0.1) is 0 Å². The predicted octanol–water partition coefficient (Wildman–Crippen LogP) is 1.05. The summed E-state index contributed by atoms with van der Waals surface area (Å²) in [4.78, 5) is 11.8. The summed E-state index contributed by atoms with van der Waals surface area (Å²) < 4.78 is 5.05. The highest BCUT2D eigenvalue weighted by molar-refractivity contribution is 5.77. The molecular formula is C12H24N2O2. The number of hydrogen-bond acceptors (Lipinski definition) is 3. The SMILES string of the molecule is CCC(COC)NC(=O)CC1(CN)CCC1. The molecule has 1 rings (SSSR count). The van der Waals surface area contributed by atoms with Crippen LogP contribution in [0.4, 0.5) is 0 Å². The number of methoxy groups -OCH3 is 1. The number of carbonyl (C=O) groups is 1. The van der Waals surface area contributed by atoms with Crippen LogP contribution >= 0.6 is 0 Å². The molecule has 0 aromatic rings. The van der Waals surface area contributed by atoms with Crippen molar-refractivity contribution in [3.63, 3.8) is 0 Å². The zero-order chi connectivity index (χ0) is 12.0. The molecule has 1 amide bonds. The summed E-state index contributed by atoms with van der Waals surface area (Å²) >= 11 is 0. The fourth-order valence-corrected chi connectivity index (χ4v) is 2.21. The molecule has 0 aliphatic heterocycles. The van der Waals surface area contributed by atoms with E-state index in [0.29, 0.717) is 19.6 Å². The van der Waals surface area contributed by atoms with Crippen LogP contribution in [-0.4, -0.2) is 32.2 Å². The Kier molecular flexibility index (Phi) is 5.22. The summed E-state index contributed by atoms with van der Waals surface area (Å²) in [5.41, 5.74) is 5.83. The van der Waals surface area contributed by atoms with Gasteiger partial charge in [0.25, 0.3) is 0 Å². The first-order chi connectivity index (χ1) is 7.65. The number of rotatable bonds is 7. The molecule has 0 heterocycles. The summed E-state index contributed by atoms with van der Waals surface area (Å²) in [5, 5.41) is 3.01. The van der Waals surface area contributed by atoms with E-state index >= 15 is 0 Å². The van der Waals surface area contributed by atoms with Gasteiger partial charge in [0, 0.05) is 13.5 Å². The third kappa shape index (κ3) is 3.46. The lowest BCUT2D eigenvalue weighted by atomic mass is 9.66. The lowest BCUT2D eigenvalue weighted by Gasteiger charge is -2.40. The second-order valence-corrected chi connectivity index (χ2v) is 4.86. The van der Waals surface area contributed by atoms with Gasteiger partial charge in [-0.05, 0) is 31.2 Å². The first-order valence-corrected chi connectivity index (χ1v) is 6.14. The zero-order valence-corrected chi connectivity index (χ0v) is 10.4. The first kappa shape index (κ1) is 13.5. The molecule has 0 aromatic carbocycles. The third-order valence-electron chi connectivity index (χ3n) is 3.61. The fourth-order valence-electron chi connectivity index (χ4n) is 2.21. The minimum atomic E-state index is 0.0927. The normalized spacial score (nSPS) is 19.9. The topological polar surface area (TPSA) is 64.3 Å². The molecule has 0 aromatic heterocycles. The maximum atomic E-state index is 11.8. The molecule has 1 atom stereocenters. The minimum Gasteiger partial charge on any atom is -0.383 e. The molecule has 4 heteroatoms. The molecule has 0 saturated heterocycles. The Hall–Kier alpha value is -0.610. The highest BCUT2D eigenvalue weighted by Gasteiger charge is 2.37. The van der Waals surface area contributed by atoms with Crippen LogP contribution in [0.1, 0.15) is 39.0 Å². The number of ether oxygens (including phenoxy) is 1. The van der Waals surface area contributed by atoms with Crippen LogP contribution in [-0.2, 0) is 9.53 Å². The molecule has 1 fully saturated rings. The predicted molar refractivity (Wildman–Crippen MR) is 64.1 cm³/mol. The zero-order valence-electron chi connectivity index (χ0n) is 10.4. The van der Waals surface area contributed by atoms with E-state index in [1.54, 1.807) is 7.11 Å². The van der Waals surface area contributed by atoms with Gasteiger partial charge in [0.2, 0.25) is 5.91 Å². The Labute approximate surface area is 97.9 Å². The summed E-state index contributed by atoms with van der Waals surface area (Å²) in [5.74, 6) is 0.119. The first-order valence-electron chi connectivity index (χ1n) is 6.14. The molecule has 0 spiro atoms. The highest BCUT2D eigenvalue weighted by atomic mass is 16.5. The van der Waals surface area contributed by atoms with E-state index in [9.17, 15) is 4.79 Å². The monoisotopic (exact) mass is 228 g/mol. The molecule has 4 nitrogen and oxygen atoms in total. The molecule has 1 saturated carbocycles. The summed E-state index contributed by atoms with van der Waals surface area (Å²) in [7, 11) is 1.65. The van der Waals surface area contributed by atoms with Gasteiger partial charge in [-0.1, -0.05) is 13.3 Å². The molecule has 94 valence electrons. The van der Waals surface area contributed by atoms with Crippen molar-refractivity contribution in [3.8, 4) is 0 Å². The van der Waals surface area contributed by atoms with Crippen LogP contribution in [0.15, 0.2) is 0 Å². The van der Waals surface area contributed by atoms with Crippen molar-refractivity contribution in [2.24, 2.45) is 11.1 Å². The molecule has 3 N–H and O–H groups in total. The van der Waals surface area contributed by atoms with Crippen molar-refractivity contribution in [1.82, 2.24) is 5.32 Å². The second-order valence-electron chi connectivity index (χ2n) is 4.86. The van der Waals surface area contributed by atoms with Crippen LogP contribution in [0.25, 0.3) is 0 Å². The Morgan fingerprint density at radius 2 is 2.25 bits per heavy atom. The van der Waals surface area contributed by atoms with Gasteiger partial charge in [-0.25, -0.2) is 0 Å². The number of hydrogen-bond donors (Lipinski definition) is 2. The van der Waals surface area contributed by atoms with Crippen LogP contribution in [0.3, 0.4) is 0 Å². The van der Waals surface area contributed by atoms with Crippen molar-refractivity contribution in [2.45, 2.75) is 45.1 Å². The largest absolute Gasteiger partial charge is 0.383 e. The maximum Gasteiger partial charge on any atom is 0.220 e. The fraction of sp³-hybridized carbons (Fsp3) is 0.917. The van der Waals surface area contributed by atoms with Crippen molar-refractivity contribution in [3.05, 3.63) is 0 Å². The molecule has 0 bridgehead atoms. The highest BCUT2D eigenvalue weighted by Crippen LogP contribution is 2.42. The van der Waals surface area contributed by atoms with Crippen molar-refractivity contribution in [2.75, 3.05) is 20.3 Å². The number of nitrogens with two attached hydrogens (primary N) is 1. The van der Waals surface area contributed by atoms with Gasteiger partial charge < -0.3 is 15.8 Å². The van der Waals surface area contributed by atoms with Crippen molar-refractivity contribution >= 4 is 5.91 Å². The summed E-state index contributed by atoms with van der Waals surface area (Å²) in [6.45, 7) is 3.26. The van der Waals surface area contributed by atoms with E-state index in [1.807, 2.05) is 6.92 Å². The summed E-state index contributed by atoms with van der Waals surface area (Å²) in [6, 6.07) is 0.132. The van der Waals surface area contributed by atoms with E-state index in [-0.39, 0.29) is 17.4 Å². The molecule has 16 heavy (non-hydrogen) atoms. The Balaban J connectivity index is 2.34. The number of carbonyl (C=O) groups excluding carboxylic acids is 1. The van der Waals surface area contributed by atoms with Gasteiger partial charge in [0.05, 0.1) is 12.6 Å². The van der Waals surface area contributed by atoms with Gasteiger partial charge >= 0.3 is 0 Å². The van der Waals surface area contributed by atoms with Gasteiger partial charge in [0.1, 0.15) is 0 Å². The van der Waals surface area contributed by atoms with E-state index < -0.39 is 0 Å². The average Bonchev–Trinajstić information content (AvgIpc) is 2.23. The molecule has 1 aliphatic carbocycles. The average molecular weight is 228 g/mol. The van der Waals surface area contributed by atoms with E-state index in [4.69, 9.17) is 10.5 Å². The van der Waals surface area contributed by atoms with Crippen LogP contribution in [0.5, 0.6) is 0 Å². The van der Waals surface area contributed by atoms with Gasteiger partial charge in [-0.3, -0.25) is 4.79 Å².